The molecule has 0 bridgehead atoms. The molecular weight excluding hydrogens is 304 g/mol. The molecule has 5 heteroatoms. The monoisotopic (exact) mass is 322 g/mol. The van der Waals surface area contributed by atoms with Crippen LogP contribution < -0.4 is 11.1 Å². The van der Waals surface area contributed by atoms with Gasteiger partial charge in [0.15, 0.2) is 5.58 Å². The Bertz CT molecular complexity index is 929. The summed E-state index contributed by atoms with van der Waals surface area (Å²) in [6, 6.07) is 15.7. The molecule has 4 rings (SSSR count). The summed E-state index contributed by atoms with van der Waals surface area (Å²) in [5.41, 5.74) is 3.89. The second-order valence-electron chi connectivity index (χ2n) is 6.18. The van der Waals surface area contributed by atoms with Crippen molar-refractivity contribution in [2.24, 2.45) is 0 Å². The van der Waals surface area contributed by atoms with Crippen molar-refractivity contribution in [1.82, 2.24) is 9.88 Å². The number of nitrogens with one attached hydrogen (secondary N) is 1. The van der Waals surface area contributed by atoms with Crippen molar-refractivity contribution < 1.29 is 9.21 Å². The zero-order valence-corrected chi connectivity index (χ0v) is 13.2. The van der Waals surface area contributed by atoms with E-state index >= 15 is 0 Å². The van der Waals surface area contributed by atoms with E-state index in [0.717, 1.165) is 18.4 Å². The maximum atomic E-state index is 12.2. The maximum absolute atomic E-state index is 12.2. The quantitative estimate of drug-likeness (QED) is 0.801. The van der Waals surface area contributed by atoms with E-state index in [-0.39, 0.29) is 18.4 Å². The van der Waals surface area contributed by atoms with Crippen LogP contribution >= 0.6 is 0 Å². The first kappa shape index (κ1) is 14.8. The molecule has 1 aliphatic rings. The highest BCUT2D eigenvalue weighted by Crippen LogP contribution is 2.21. The van der Waals surface area contributed by atoms with Crippen molar-refractivity contribution in [2.75, 3.05) is 0 Å². The molecule has 0 fully saturated rings. The first-order chi connectivity index (χ1) is 11.7. The van der Waals surface area contributed by atoms with Gasteiger partial charge in [-0.25, -0.2) is 4.79 Å². The number of carbonyl (C=O) groups is 1. The number of benzene rings is 2. The van der Waals surface area contributed by atoms with Crippen LogP contribution in [-0.2, 0) is 24.2 Å². The van der Waals surface area contributed by atoms with Gasteiger partial charge < -0.3 is 9.73 Å². The normalized spacial score (nSPS) is 14.0. The fraction of sp³-hybridized carbons (Fsp3) is 0.263. The highest BCUT2D eigenvalue weighted by atomic mass is 16.4. The number of aromatic nitrogens is 1. The third-order valence-corrected chi connectivity index (χ3v) is 4.55. The average Bonchev–Trinajstić information content (AvgIpc) is 3.12. The predicted octanol–water partition coefficient (Wildman–Crippen LogP) is 2.27. The van der Waals surface area contributed by atoms with Crippen molar-refractivity contribution in [3.05, 3.63) is 70.2 Å². The van der Waals surface area contributed by atoms with Crippen LogP contribution in [0.5, 0.6) is 0 Å². The molecule has 1 heterocycles. The van der Waals surface area contributed by atoms with E-state index in [1.54, 1.807) is 6.07 Å². The molecule has 0 unspecified atom stereocenters. The fourth-order valence-electron chi connectivity index (χ4n) is 3.40. The smallest absolute Gasteiger partial charge is 0.408 e. The minimum absolute atomic E-state index is 0.0370. The lowest BCUT2D eigenvalue weighted by Crippen LogP contribution is -2.36. The second kappa shape index (κ2) is 6.00. The third kappa shape index (κ3) is 2.73. The number of fused-ring (bicyclic) bond motifs is 2. The number of nitrogens with zero attached hydrogens (tertiary/aromatic N) is 1. The largest absolute Gasteiger partial charge is 0.419 e. The summed E-state index contributed by atoms with van der Waals surface area (Å²) in [6.07, 6.45) is 2.00. The van der Waals surface area contributed by atoms with Gasteiger partial charge in [-0.2, -0.15) is 0 Å². The standard InChI is InChI=1S/C19H18N2O3/c22-18(20-15-11-13-5-1-2-6-14(13)12-15)9-10-21-16-7-3-4-8-17(16)24-19(21)23/h1-8,15H,9-12H2,(H,20,22). The summed E-state index contributed by atoms with van der Waals surface area (Å²) >= 11 is 0. The van der Waals surface area contributed by atoms with Crippen LogP contribution in [0.1, 0.15) is 17.5 Å². The molecular formula is C19H18N2O3. The van der Waals surface area contributed by atoms with E-state index in [2.05, 4.69) is 17.4 Å². The summed E-state index contributed by atoms with van der Waals surface area (Å²) in [5.74, 6) is -0.456. The van der Waals surface area contributed by atoms with Crippen LogP contribution in [0, 0.1) is 0 Å². The zero-order valence-electron chi connectivity index (χ0n) is 13.2. The van der Waals surface area contributed by atoms with Crippen LogP contribution in [0.3, 0.4) is 0 Å². The molecule has 5 nitrogen and oxygen atoms in total. The lowest BCUT2D eigenvalue weighted by Gasteiger charge is -2.12. The van der Waals surface area contributed by atoms with E-state index in [1.807, 2.05) is 30.3 Å². The van der Waals surface area contributed by atoms with Gasteiger partial charge in [0.1, 0.15) is 0 Å². The van der Waals surface area contributed by atoms with Crippen LogP contribution in [0.15, 0.2) is 57.7 Å². The molecule has 1 amide bonds. The molecule has 0 spiro atoms. The van der Waals surface area contributed by atoms with Crippen LogP contribution in [-0.4, -0.2) is 16.5 Å². The van der Waals surface area contributed by atoms with Crippen LogP contribution in [0.4, 0.5) is 0 Å². The molecule has 3 aromatic rings. The highest BCUT2D eigenvalue weighted by Gasteiger charge is 2.22. The van der Waals surface area contributed by atoms with Gasteiger partial charge in [0.05, 0.1) is 5.52 Å². The molecule has 122 valence electrons. The van der Waals surface area contributed by atoms with Gasteiger partial charge in [-0.05, 0) is 36.1 Å². The van der Waals surface area contributed by atoms with Crippen LogP contribution in [0.2, 0.25) is 0 Å². The van der Waals surface area contributed by atoms with Crippen molar-refractivity contribution >= 4 is 17.0 Å². The number of oxazole rings is 1. The van der Waals surface area contributed by atoms with Crippen LogP contribution in [0.25, 0.3) is 11.1 Å². The second-order valence-corrected chi connectivity index (χ2v) is 6.18. The molecule has 0 radical (unpaired) electrons. The number of hydrogen-bond donors (Lipinski definition) is 1. The van der Waals surface area contributed by atoms with Crippen molar-refractivity contribution in [3.8, 4) is 0 Å². The Morgan fingerprint density at radius 3 is 2.50 bits per heavy atom. The Labute approximate surface area is 138 Å². The molecule has 1 aliphatic carbocycles. The Balaban J connectivity index is 1.39. The summed E-state index contributed by atoms with van der Waals surface area (Å²) in [7, 11) is 0. The van der Waals surface area contributed by atoms with Gasteiger partial charge >= 0.3 is 5.76 Å². The number of carbonyl (C=O) groups excluding carboxylic acids is 1. The zero-order chi connectivity index (χ0) is 16.5. The maximum Gasteiger partial charge on any atom is 0.419 e. The molecule has 0 saturated heterocycles. The van der Waals surface area contributed by atoms with Gasteiger partial charge in [0, 0.05) is 19.0 Å². The summed E-state index contributed by atoms with van der Waals surface area (Å²) in [4.78, 5) is 24.1. The van der Waals surface area contributed by atoms with Gasteiger partial charge in [-0.3, -0.25) is 9.36 Å². The fourth-order valence-corrected chi connectivity index (χ4v) is 3.40. The van der Waals surface area contributed by atoms with Gasteiger partial charge in [0.2, 0.25) is 5.91 Å². The number of aryl methyl sites for hydroxylation is 1. The molecule has 0 aliphatic heterocycles. The van der Waals surface area contributed by atoms with E-state index in [4.69, 9.17) is 4.42 Å². The molecule has 1 N–H and O–H groups in total. The van der Waals surface area contributed by atoms with Crippen molar-refractivity contribution in [3.63, 3.8) is 0 Å². The number of rotatable bonds is 4. The van der Waals surface area contributed by atoms with Gasteiger partial charge in [0.25, 0.3) is 0 Å². The number of hydrogen-bond acceptors (Lipinski definition) is 3. The minimum Gasteiger partial charge on any atom is -0.408 e. The topological polar surface area (TPSA) is 64.2 Å². The van der Waals surface area contributed by atoms with Crippen molar-refractivity contribution in [1.29, 1.82) is 0 Å². The summed E-state index contributed by atoms with van der Waals surface area (Å²) in [6.45, 7) is 0.321. The first-order valence-corrected chi connectivity index (χ1v) is 8.15. The molecule has 24 heavy (non-hydrogen) atoms. The third-order valence-electron chi connectivity index (χ3n) is 4.55. The minimum atomic E-state index is -0.419. The first-order valence-electron chi connectivity index (χ1n) is 8.15. The Hall–Kier alpha value is -2.82. The number of amides is 1. The Kier molecular flexibility index (Phi) is 3.69. The summed E-state index contributed by atoms with van der Waals surface area (Å²) in [5, 5.41) is 3.07. The van der Waals surface area contributed by atoms with E-state index in [9.17, 15) is 9.59 Å². The predicted molar refractivity (Wildman–Crippen MR) is 90.9 cm³/mol. The lowest BCUT2D eigenvalue weighted by molar-refractivity contribution is -0.121. The Morgan fingerprint density at radius 2 is 1.75 bits per heavy atom. The van der Waals surface area contributed by atoms with E-state index in [0.29, 0.717) is 12.1 Å². The van der Waals surface area contributed by atoms with E-state index < -0.39 is 5.76 Å². The summed E-state index contributed by atoms with van der Waals surface area (Å²) < 4.78 is 6.69. The molecule has 1 aromatic heterocycles. The van der Waals surface area contributed by atoms with E-state index in [1.165, 1.54) is 15.7 Å². The molecule has 0 atom stereocenters. The highest BCUT2D eigenvalue weighted by molar-refractivity contribution is 5.77. The molecule has 2 aromatic carbocycles. The molecule has 0 saturated carbocycles. The number of para-hydroxylation sites is 2. The lowest BCUT2D eigenvalue weighted by atomic mass is 10.1. The Morgan fingerprint density at radius 1 is 1.08 bits per heavy atom. The SMILES string of the molecule is O=C(CCn1c(=O)oc2ccccc21)NC1Cc2ccccc2C1. The van der Waals surface area contributed by atoms with Gasteiger partial charge in [-0.15, -0.1) is 0 Å². The van der Waals surface area contributed by atoms with Crippen molar-refractivity contribution in [2.45, 2.75) is 31.8 Å². The average molecular weight is 322 g/mol. The van der Waals surface area contributed by atoms with Gasteiger partial charge in [-0.1, -0.05) is 36.4 Å².